The number of nitrogens with zero attached hydrogens (tertiary/aromatic N) is 1. The topological polar surface area (TPSA) is 83.9 Å². The molecule has 0 aliphatic rings. The van der Waals surface area contributed by atoms with E-state index in [-0.39, 0.29) is 16.9 Å². The van der Waals surface area contributed by atoms with Gasteiger partial charge in [-0.2, -0.15) is 0 Å². The van der Waals surface area contributed by atoms with Crippen LogP contribution in [0.3, 0.4) is 0 Å². The molecule has 0 aliphatic heterocycles. The Morgan fingerprint density at radius 2 is 2.00 bits per heavy atom. The van der Waals surface area contributed by atoms with E-state index in [0.717, 1.165) is 4.31 Å². The van der Waals surface area contributed by atoms with E-state index >= 15 is 0 Å². The molecular formula is C11H15NO5S. The molecule has 0 bridgehead atoms. The summed E-state index contributed by atoms with van der Waals surface area (Å²) in [7, 11) is 0.553. The van der Waals surface area contributed by atoms with E-state index in [4.69, 9.17) is 9.84 Å². The van der Waals surface area contributed by atoms with Gasteiger partial charge in [-0.05, 0) is 23.8 Å². The number of aliphatic carboxylic acids is 1. The van der Waals surface area contributed by atoms with Crippen molar-refractivity contribution in [3.63, 3.8) is 0 Å². The molecule has 1 aromatic rings. The van der Waals surface area contributed by atoms with Crippen molar-refractivity contribution in [2.75, 3.05) is 21.2 Å². The van der Waals surface area contributed by atoms with E-state index in [1.54, 1.807) is 0 Å². The summed E-state index contributed by atoms with van der Waals surface area (Å²) in [5.41, 5.74) is 0.204. The van der Waals surface area contributed by atoms with Gasteiger partial charge in [0.05, 0.1) is 18.4 Å². The molecule has 18 heavy (non-hydrogen) atoms. The smallest absolute Gasteiger partial charge is 0.307 e. The number of carbonyl (C=O) groups is 1. The Labute approximate surface area is 106 Å². The van der Waals surface area contributed by atoms with Crippen LogP contribution < -0.4 is 4.74 Å². The highest BCUT2D eigenvalue weighted by molar-refractivity contribution is 7.89. The molecule has 0 unspecified atom stereocenters. The average Bonchev–Trinajstić information content (AvgIpc) is 2.27. The molecule has 1 aromatic carbocycles. The highest BCUT2D eigenvalue weighted by Crippen LogP contribution is 2.24. The van der Waals surface area contributed by atoms with Crippen LogP contribution in [0.2, 0.25) is 0 Å². The molecule has 100 valence electrons. The molecule has 0 amide bonds. The second-order valence-electron chi connectivity index (χ2n) is 3.83. The monoisotopic (exact) mass is 273 g/mol. The third kappa shape index (κ3) is 2.99. The first-order valence-corrected chi connectivity index (χ1v) is 6.54. The van der Waals surface area contributed by atoms with Crippen LogP contribution in [0.5, 0.6) is 5.75 Å². The fraction of sp³-hybridized carbons (Fsp3) is 0.364. The van der Waals surface area contributed by atoms with E-state index in [1.165, 1.54) is 39.4 Å². The van der Waals surface area contributed by atoms with Crippen molar-refractivity contribution in [3.05, 3.63) is 23.8 Å². The maximum atomic E-state index is 12.0. The van der Waals surface area contributed by atoms with Gasteiger partial charge in [-0.3, -0.25) is 4.79 Å². The Bertz CT molecular complexity index is 551. The van der Waals surface area contributed by atoms with E-state index in [1.807, 2.05) is 0 Å². The number of sulfonamides is 1. The van der Waals surface area contributed by atoms with E-state index < -0.39 is 16.0 Å². The van der Waals surface area contributed by atoms with Crippen LogP contribution in [-0.2, 0) is 21.2 Å². The standard InChI is InChI=1S/C11H15NO5S/c1-12(2)18(15,16)10-5-4-9(17-3)6-8(10)7-11(13)14/h4-6H,7H2,1-3H3,(H,13,14). The Morgan fingerprint density at radius 3 is 2.44 bits per heavy atom. The molecule has 0 saturated carbocycles. The summed E-state index contributed by atoms with van der Waals surface area (Å²) in [6.45, 7) is 0. The summed E-state index contributed by atoms with van der Waals surface area (Å²) in [6.07, 6.45) is -0.375. The third-order valence-corrected chi connectivity index (χ3v) is 4.28. The van der Waals surface area contributed by atoms with Crippen LogP contribution in [0.1, 0.15) is 5.56 Å². The van der Waals surface area contributed by atoms with Gasteiger partial charge in [0.1, 0.15) is 5.75 Å². The van der Waals surface area contributed by atoms with Crippen LogP contribution in [-0.4, -0.2) is 45.0 Å². The molecule has 7 heteroatoms. The van der Waals surface area contributed by atoms with Gasteiger partial charge >= 0.3 is 5.97 Å². The molecule has 1 rings (SSSR count). The van der Waals surface area contributed by atoms with Crippen LogP contribution in [0, 0.1) is 0 Å². The number of benzene rings is 1. The van der Waals surface area contributed by atoms with Crippen molar-refractivity contribution in [1.82, 2.24) is 4.31 Å². The van der Waals surface area contributed by atoms with Crippen molar-refractivity contribution in [3.8, 4) is 5.75 Å². The normalized spacial score (nSPS) is 11.6. The zero-order valence-electron chi connectivity index (χ0n) is 10.4. The maximum Gasteiger partial charge on any atom is 0.307 e. The number of hydrogen-bond acceptors (Lipinski definition) is 4. The summed E-state index contributed by atoms with van der Waals surface area (Å²) >= 11 is 0. The second-order valence-corrected chi connectivity index (χ2v) is 5.95. The van der Waals surface area contributed by atoms with Gasteiger partial charge in [0.2, 0.25) is 10.0 Å². The average molecular weight is 273 g/mol. The highest BCUT2D eigenvalue weighted by Gasteiger charge is 2.22. The van der Waals surface area contributed by atoms with E-state index in [0.29, 0.717) is 5.75 Å². The molecule has 0 aromatic heterocycles. The van der Waals surface area contributed by atoms with Gasteiger partial charge in [0, 0.05) is 14.1 Å². The minimum Gasteiger partial charge on any atom is -0.497 e. The van der Waals surface area contributed by atoms with Gasteiger partial charge in [-0.15, -0.1) is 0 Å². The fourth-order valence-corrected chi connectivity index (χ4v) is 2.53. The summed E-state index contributed by atoms with van der Waals surface area (Å²) in [5, 5.41) is 8.81. The zero-order valence-corrected chi connectivity index (χ0v) is 11.2. The largest absolute Gasteiger partial charge is 0.497 e. The second kappa shape index (κ2) is 5.36. The predicted octanol–water partition coefficient (Wildman–Crippen LogP) is 0.573. The lowest BCUT2D eigenvalue weighted by atomic mass is 10.1. The Kier molecular flexibility index (Phi) is 4.31. The minimum absolute atomic E-state index is 0.0179. The number of ether oxygens (including phenoxy) is 1. The van der Waals surface area contributed by atoms with E-state index in [2.05, 4.69) is 0 Å². The SMILES string of the molecule is COc1ccc(S(=O)(=O)N(C)C)c(CC(=O)O)c1. The number of methoxy groups -OCH3 is 1. The van der Waals surface area contributed by atoms with Crippen LogP contribution in [0.4, 0.5) is 0 Å². The minimum atomic E-state index is -3.66. The summed E-state index contributed by atoms with van der Waals surface area (Å²) in [5.74, 6) is -0.678. The fourth-order valence-electron chi connectivity index (χ4n) is 1.43. The lowest BCUT2D eigenvalue weighted by Crippen LogP contribution is -2.24. The van der Waals surface area contributed by atoms with Crippen molar-refractivity contribution in [2.45, 2.75) is 11.3 Å². The van der Waals surface area contributed by atoms with Gasteiger partial charge in [-0.1, -0.05) is 0 Å². The number of rotatable bonds is 5. The molecule has 6 nitrogen and oxygen atoms in total. The molecule has 0 atom stereocenters. The Balaban J connectivity index is 3.39. The molecule has 0 heterocycles. The molecule has 0 fully saturated rings. The molecular weight excluding hydrogens is 258 g/mol. The zero-order chi connectivity index (χ0) is 13.9. The van der Waals surface area contributed by atoms with Gasteiger partial charge < -0.3 is 9.84 Å². The van der Waals surface area contributed by atoms with Crippen molar-refractivity contribution >= 4 is 16.0 Å². The van der Waals surface area contributed by atoms with Crippen molar-refractivity contribution in [1.29, 1.82) is 0 Å². The predicted molar refractivity (Wildman–Crippen MR) is 65.2 cm³/mol. The number of carboxylic acid groups (broad SMARTS) is 1. The quantitative estimate of drug-likeness (QED) is 0.848. The van der Waals surface area contributed by atoms with Gasteiger partial charge in [0.15, 0.2) is 0 Å². The summed E-state index contributed by atoms with van der Waals surface area (Å²) in [6, 6.07) is 4.26. The third-order valence-electron chi connectivity index (χ3n) is 2.37. The van der Waals surface area contributed by atoms with Crippen molar-refractivity contribution in [2.24, 2.45) is 0 Å². The van der Waals surface area contributed by atoms with Crippen LogP contribution in [0.15, 0.2) is 23.1 Å². The van der Waals surface area contributed by atoms with Gasteiger partial charge in [-0.25, -0.2) is 12.7 Å². The number of hydrogen-bond donors (Lipinski definition) is 1. The maximum absolute atomic E-state index is 12.0. The van der Waals surface area contributed by atoms with E-state index in [9.17, 15) is 13.2 Å². The lowest BCUT2D eigenvalue weighted by Gasteiger charge is -2.15. The first-order valence-electron chi connectivity index (χ1n) is 5.10. The first kappa shape index (κ1) is 14.5. The highest BCUT2D eigenvalue weighted by atomic mass is 32.2. The molecule has 0 aliphatic carbocycles. The molecule has 0 saturated heterocycles. The van der Waals surface area contributed by atoms with Crippen molar-refractivity contribution < 1.29 is 23.1 Å². The summed E-state index contributed by atoms with van der Waals surface area (Å²) in [4.78, 5) is 10.8. The molecule has 1 N–H and O–H groups in total. The lowest BCUT2D eigenvalue weighted by molar-refractivity contribution is -0.136. The van der Waals surface area contributed by atoms with Crippen LogP contribution >= 0.6 is 0 Å². The van der Waals surface area contributed by atoms with Gasteiger partial charge in [0.25, 0.3) is 0 Å². The molecule has 0 radical (unpaired) electrons. The Hall–Kier alpha value is -1.60. The molecule has 0 spiro atoms. The van der Waals surface area contributed by atoms with Crippen LogP contribution in [0.25, 0.3) is 0 Å². The Morgan fingerprint density at radius 1 is 1.39 bits per heavy atom. The number of carboxylic acids is 1. The first-order chi connectivity index (χ1) is 8.28. The summed E-state index contributed by atoms with van der Waals surface area (Å²) < 4.78 is 30.1.